The van der Waals surface area contributed by atoms with Gasteiger partial charge in [-0.15, -0.1) is 0 Å². The highest BCUT2D eigenvalue weighted by molar-refractivity contribution is 5.76. The van der Waals surface area contributed by atoms with Crippen LogP contribution in [0.15, 0.2) is 18.2 Å². The molecular formula is C15H20FNO3. The predicted molar refractivity (Wildman–Crippen MR) is 73.1 cm³/mol. The minimum absolute atomic E-state index is 0.0551. The van der Waals surface area contributed by atoms with Gasteiger partial charge >= 0.3 is 5.97 Å². The number of cyclic esters (lactones) is 1. The quantitative estimate of drug-likeness (QED) is 0.814. The average Bonchev–Trinajstić information content (AvgIpc) is 2.82. The molecule has 0 saturated carbocycles. The highest BCUT2D eigenvalue weighted by atomic mass is 19.1. The summed E-state index contributed by atoms with van der Waals surface area (Å²) in [4.78, 5) is 11.3. The van der Waals surface area contributed by atoms with E-state index >= 15 is 0 Å². The van der Waals surface area contributed by atoms with Gasteiger partial charge in [0.1, 0.15) is 11.6 Å². The van der Waals surface area contributed by atoms with Crippen molar-refractivity contribution in [1.29, 1.82) is 0 Å². The SMILES string of the molecule is CCCNC(C)c1ccc(OC2CCOC2=O)cc1F. The average molecular weight is 281 g/mol. The number of ether oxygens (including phenoxy) is 2. The zero-order valence-electron chi connectivity index (χ0n) is 11.8. The molecule has 0 radical (unpaired) electrons. The van der Waals surface area contributed by atoms with E-state index in [-0.39, 0.29) is 17.8 Å². The Morgan fingerprint density at radius 3 is 2.95 bits per heavy atom. The van der Waals surface area contributed by atoms with E-state index in [1.54, 1.807) is 12.1 Å². The lowest BCUT2D eigenvalue weighted by atomic mass is 10.1. The number of halogens is 1. The van der Waals surface area contributed by atoms with Gasteiger partial charge in [-0.05, 0) is 26.0 Å². The standard InChI is InChI=1S/C15H20FNO3/c1-3-7-17-10(2)12-5-4-11(9-13(12)16)20-14-6-8-19-15(14)18/h4-5,9-10,14,17H,3,6-8H2,1-2H3. The van der Waals surface area contributed by atoms with Crippen molar-refractivity contribution in [2.24, 2.45) is 0 Å². The number of esters is 1. The summed E-state index contributed by atoms with van der Waals surface area (Å²) in [5, 5.41) is 3.23. The topological polar surface area (TPSA) is 47.6 Å². The van der Waals surface area contributed by atoms with Gasteiger partial charge in [-0.25, -0.2) is 9.18 Å². The molecule has 2 rings (SSSR count). The van der Waals surface area contributed by atoms with Crippen molar-refractivity contribution >= 4 is 5.97 Å². The smallest absolute Gasteiger partial charge is 0.347 e. The molecule has 1 aliphatic rings. The van der Waals surface area contributed by atoms with Crippen LogP contribution >= 0.6 is 0 Å². The molecule has 0 bridgehead atoms. The van der Waals surface area contributed by atoms with E-state index in [0.717, 1.165) is 13.0 Å². The van der Waals surface area contributed by atoms with Gasteiger partial charge in [0, 0.05) is 24.1 Å². The first-order valence-corrected chi connectivity index (χ1v) is 6.98. The van der Waals surface area contributed by atoms with E-state index in [4.69, 9.17) is 9.47 Å². The normalized spacial score (nSPS) is 19.8. The summed E-state index contributed by atoms with van der Waals surface area (Å²) in [5.74, 6) is -0.352. The van der Waals surface area contributed by atoms with E-state index in [2.05, 4.69) is 12.2 Å². The van der Waals surface area contributed by atoms with Gasteiger partial charge in [-0.2, -0.15) is 0 Å². The number of carbonyl (C=O) groups is 1. The van der Waals surface area contributed by atoms with Crippen LogP contribution in [0, 0.1) is 5.82 Å². The third kappa shape index (κ3) is 3.48. The van der Waals surface area contributed by atoms with Gasteiger partial charge in [0.25, 0.3) is 0 Å². The fourth-order valence-corrected chi connectivity index (χ4v) is 2.15. The van der Waals surface area contributed by atoms with Crippen molar-refractivity contribution in [2.75, 3.05) is 13.2 Å². The maximum Gasteiger partial charge on any atom is 0.347 e. The molecule has 1 saturated heterocycles. The molecule has 1 aliphatic heterocycles. The molecule has 0 aliphatic carbocycles. The van der Waals surface area contributed by atoms with Crippen molar-refractivity contribution in [1.82, 2.24) is 5.32 Å². The summed E-state index contributed by atoms with van der Waals surface area (Å²) in [7, 11) is 0. The van der Waals surface area contributed by atoms with Crippen LogP contribution < -0.4 is 10.1 Å². The Morgan fingerprint density at radius 1 is 1.55 bits per heavy atom. The van der Waals surface area contributed by atoms with Crippen LogP contribution in [0.1, 0.15) is 38.3 Å². The number of carbonyl (C=O) groups excluding carboxylic acids is 1. The predicted octanol–water partition coefficient (Wildman–Crippen LogP) is 2.58. The van der Waals surface area contributed by atoms with Crippen molar-refractivity contribution in [3.05, 3.63) is 29.6 Å². The first-order chi connectivity index (χ1) is 9.61. The maximum absolute atomic E-state index is 14.1. The van der Waals surface area contributed by atoms with E-state index in [9.17, 15) is 9.18 Å². The third-order valence-corrected chi connectivity index (χ3v) is 3.30. The third-order valence-electron chi connectivity index (χ3n) is 3.30. The molecule has 5 heteroatoms. The lowest BCUT2D eigenvalue weighted by Crippen LogP contribution is -2.22. The Balaban J connectivity index is 2.03. The Labute approximate surface area is 118 Å². The van der Waals surface area contributed by atoms with Crippen LogP contribution in [-0.4, -0.2) is 25.2 Å². The Morgan fingerprint density at radius 2 is 2.35 bits per heavy atom. The molecule has 4 nitrogen and oxygen atoms in total. The van der Waals surface area contributed by atoms with Crippen LogP contribution in [0.2, 0.25) is 0 Å². The summed E-state index contributed by atoms with van der Waals surface area (Å²) in [6.45, 7) is 5.19. The highest BCUT2D eigenvalue weighted by Crippen LogP contribution is 2.24. The van der Waals surface area contributed by atoms with Crippen LogP contribution in [-0.2, 0) is 9.53 Å². The molecule has 2 unspecified atom stereocenters. The minimum atomic E-state index is -0.615. The Bertz CT molecular complexity index is 478. The van der Waals surface area contributed by atoms with Crippen LogP contribution in [0.3, 0.4) is 0 Å². The summed E-state index contributed by atoms with van der Waals surface area (Å²) >= 11 is 0. The molecular weight excluding hydrogens is 261 g/mol. The minimum Gasteiger partial charge on any atom is -0.478 e. The lowest BCUT2D eigenvalue weighted by Gasteiger charge is -2.16. The summed E-state index contributed by atoms with van der Waals surface area (Å²) in [6, 6.07) is 4.65. The van der Waals surface area contributed by atoms with E-state index < -0.39 is 6.10 Å². The largest absolute Gasteiger partial charge is 0.478 e. The van der Waals surface area contributed by atoms with Gasteiger partial charge in [0.05, 0.1) is 6.61 Å². The number of hydrogen-bond donors (Lipinski definition) is 1. The molecule has 2 atom stereocenters. The molecule has 1 N–H and O–H groups in total. The zero-order valence-corrected chi connectivity index (χ0v) is 11.8. The van der Waals surface area contributed by atoms with E-state index in [1.165, 1.54) is 6.07 Å². The second-order valence-electron chi connectivity index (χ2n) is 4.92. The van der Waals surface area contributed by atoms with Gasteiger partial charge in [-0.1, -0.05) is 13.0 Å². The highest BCUT2D eigenvalue weighted by Gasteiger charge is 2.28. The number of rotatable bonds is 6. The van der Waals surface area contributed by atoms with Crippen molar-refractivity contribution in [3.8, 4) is 5.75 Å². The van der Waals surface area contributed by atoms with Gasteiger partial charge in [0.15, 0.2) is 6.10 Å². The van der Waals surface area contributed by atoms with Crippen molar-refractivity contribution < 1.29 is 18.7 Å². The Hall–Kier alpha value is -1.62. The van der Waals surface area contributed by atoms with Crippen LogP contribution in [0.4, 0.5) is 4.39 Å². The fourth-order valence-electron chi connectivity index (χ4n) is 2.15. The monoisotopic (exact) mass is 281 g/mol. The molecule has 1 aromatic carbocycles. The van der Waals surface area contributed by atoms with Crippen LogP contribution in [0.25, 0.3) is 0 Å². The van der Waals surface area contributed by atoms with Gasteiger partial charge < -0.3 is 14.8 Å². The number of hydrogen-bond acceptors (Lipinski definition) is 4. The first kappa shape index (κ1) is 14.8. The molecule has 1 fully saturated rings. The second-order valence-corrected chi connectivity index (χ2v) is 4.92. The molecule has 1 aromatic rings. The fraction of sp³-hybridized carbons (Fsp3) is 0.533. The maximum atomic E-state index is 14.1. The van der Waals surface area contributed by atoms with Gasteiger partial charge in [0.2, 0.25) is 0 Å². The second kappa shape index (κ2) is 6.70. The summed E-state index contributed by atoms with van der Waals surface area (Å²) in [5.41, 5.74) is 0.597. The summed E-state index contributed by atoms with van der Waals surface area (Å²) < 4.78 is 24.3. The first-order valence-electron chi connectivity index (χ1n) is 6.98. The molecule has 0 spiro atoms. The molecule has 1 heterocycles. The number of nitrogens with one attached hydrogen (secondary N) is 1. The van der Waals surface area contributed by atoms with E-state index in [1.807, 2.05) is 6.92 Å². The lowest BCUT2D eigenvalue weighted by molar-refractivity contribution is -0.143. The zero-order chi connectivity index (χ0) is 14.5. The molecule has 0 amide bonds. The van der Waals surface area contributed by atoms with Crippen molar-refractivity contribution in [2.45, 2.75) is 38.8 Å². The molecule has 0 aromatic heterocycles. The molecule has 110 valence electrons. The number of benzene rings is 1. The Kier molecular flexibility index (Phi) is 4.95. The van der Waals surface area contributed by atoms with Crippen LogP contribution in [0.5, 0.6) is 5.75 Å². The van der Waals surface area contributed by atoms with Crippen molar-refractivity contribution in [3.63, 3.8) is 0 Å². The van der Waals surface area contributed by atoms with Gasteiger partial charge in [-0.3, -0.25) is 0 Å². The van der Waals surface area contributed by atoms with E-state index in [0.29, 0.717) is 24.3 Å². The molecule has 20 heavy (non-hydrogen) atoms. The summed E-state index contributed by atoms with van der Waals surface area (Å²) in [6.07, 6.45) is 0.893.